The number of para-hydroxylation sites is 1. The summed E-state index contributed by atoms with van der Waals surface area (Å²) in [5.41, 5.74) is 0. The quantitative estimate of drug-likeness (QED) is 0.707. The van der Waals surface area contributed by atoms with Crippen molar-refractivity contribution in [2.45, 2.75) is 4.90 Å². The van der Waals surface area contributed by atoms with Gasteiger partial charge in [0, 0.05) is 0 Å². The van der Waals surface area contributed by atoms with E-state index < -0.39 is 9.80 Å². The molecule has 0 spiro atoms. The molecule has 0 aliphatic carbocycles. The minimum Gasteiger partial charge on any atom is -0.495 e. The van der Waals surface area contributed by atoms with Crippen LogP contribution in [0.2, 0.25) is 0 Å². The fourth-order valence-electron chi connectivity index (χ4n) is 0.882. The maximum Gasteiger partial charge on any atom is 0.136 e. The first-order valence-corrected chi connectivity index (χ1v) is 4.97. The molecule has 0 saturated heterocycles. The minimum absolute atomic E-state index is 0.229. The Kier molecular flexibility index (Phi) is 2.40. The lowest BCUT2D eigenvalue weighted by Crippen LogP contribution is -2.00. The molecule has 0 radical (unpaired) electrons. The van der Waals surface area contributed by atoms with Gasteiger partial charge >= 0.3 is 0 Å². The van der Waals surface area contributed by atoms with Crippen LogP contribution in [0.5, 0.6) is 5.75 Å². The first-order valence-electron chi connectivity index (χ1n) is 3.28. The Morgan fingerprint density at radius 1 is 1.50 bits per heavy atom. The number of methoxy groups -OCH3 is 1. The summed E-state index contributed by atoms with van der Waals surface area (Å²) >= 11 is 0. The molecule has 1 aromatic rings. The Labute approximate surface area is 71.8 Å². The van der Waals surface area contributed by atoms with Crippen LogP contribution in [0, 0.1) is 0 Å². The van der Waals surface area contributed by atoms with Crippen LogP contribution in [-0.4, -0.2) is 21.7 Å². The smallest absolute Gasteiger partial charge is 0.136 e. The van der Waals surface area contributed by atoms with Gasteiger partial charge in [0.05, 0.1) is 12.0 Å². The van der Waals surface area contributed by atoms with E-state index in [1.54, 1.807) is 18.2 Å². The molecule has 0 saturated carbocycles. The normalized spacial score (nSPS) is 15.2. The first-order chi connectivity index (χ1) is 5.55. The molecule has 0 aromatic heterocycles. The molecule has 0 heterocycles. The molecule has 0 amide bonds. The van der Waals surface area contributed by atoms with E-state index in [4.69, 9.17) is 9.29 Å². The van der Waals surface area contributed by atoms with Crippen molar-refractivity contribution in [2.75, 3.05) is 7.11 Å². The van der Waals surface area contributed by atoms with Crippen LogP contribution >= 0.6 is 0 Å². The molecule has 1 rings (SSSR count). The van der Waals surface area contributed by atoms with E-state index >= 15 is 0 Å². The zero-order valence-electron chi connectivity index (χ0n) is 6.69. The van der Waals surface area contributed by atoms with Crippen molar-refractivity contribution in [1.29, 1.82) is 0 Å². The summed E-state index contributed by atoms with van der Waals surface area (Å²) in [5.74, 6) is 3.54. The molecule has 0 fully saturated rings. The molecule has 1 unspecified atom stereocenters. The Hall–Kier alpha value is -1.00. The number of ether oxygens (including phenoxy) is 1. The first kappa shape index (κ1) is 9.09. The highest BCUT2D eigenvalue weighted by molar-refractivity contribution is 7.95. The maximum atomic E-state index is 11.1. The third kappa shape index (κ3) is 1.78. The monoisotopic (exact) mass is 186 g/mol. The molecule has 0 bridgehead atoms. The van der Waals surface area contributed by atoms with Crippen LogP contribution < -0.4 is 4.74 Å². The van der Waals surface area contributed by atoms with Crippen molar-refractivity contribution in [3.05, 3.63) is 24.3 Å². The van der Waals surface area contributed by atoms with Gasteiger partial charge in [-0.3, -0.25) is 0 Å². The standard InChI is InChI=1S/C8H10O3S/c1-11-7-5-3-4-6-8(7)12(2,9)10/h3-6H,2H2,1H3,(H,9,10). The molecule has 1 atom stereocenters. The molecular weight excluding hydrogens is 176 g/mol. The number of hydrogen-bond donors (Lipinski definition) is 1. The molecule has 1 N–H and O–H groups in total. The van der Waals surface area contributed by atoms with Crippen molar-refractivity contribution < 1.29 is 13.5 Å². The highest BCUT2D eigenvalue weighted by Crippen LogP contribution is 2.21. The highest BCUT2D eigenvalue weighted by atomic mass is 32.2. The van der Waals surface area contributed by atoms with Crippen molar-refractivity contribution in [2.24, 2.45) is 0 Å². The number of rotatable bonds is 2. The molecule has 4 heteroatoms. The van der Waals surface area contributed by atoms with Gasteiger partial charge in [0.1, 0.15) is 15.6 Å². The number of hydrogen-bond acceptors (Lipinski definition) is 2. The average molecular weight is 186 g/mol. The van der Waals surface area contributed by atoms with Crippen LogP contribution in [-0.2, 0) is 9.80 Å². The Morgan fingerprint density at radius 3 is 2.50 bits per heavy atom. The fourth-order valence-corrected chi connectivity index (χ4v) is 1.64. The summed E-state index contributed by atoms with van der Waals surface area (Å²) in [6.45, 7) is 0. The van der Waals surface area contributed by atoms with Crippen molar-refractivity contribution in [3.63, 3.8) is 0 Å². The van der Waals surface area contributed by atoms with E-state index in [0.29, 0.717) is 5.75 Å². The summed E-state index contributed by atoms with van der Waals surface area (Å²) in [5, 5.41) is 0. The van der Waals surface area contributed by atoms with E-state index in [9.17, 15) is 4.21 Å². The van der Waals surface area contributed by atoms with Gasteiger partial charge in [-0.2, -0.15) is 0 Å². The zero-order valence-corrected chi connectivity index (χ0v) is 7.50. The number of benzene rings is 1. The van der Waals surface area contributed by atoms with Gasteiger partial charge in [0.25, 0.3) is 0 Å². The fraction of sp³-hybridized carbons (Fsp3) is 0.125. The lowest BCUT2D eigenvalue weighted by atomic mass is 10.3. The van der Waals surface area contributed by atoms with Crippen molar-refractivity contribution in [3.8, 4) is 5.75 Å². The van der Waals surface area contributed by atoms with E-state index in [2.05, 4.69) is 5.87 Å². The van der Waals surface area contributed by atoms with Crippen LogP contribution in [0.4, 0.5) is 0 Å². The lowest BCUT2D eigenvalue weighted by molar-refractivity contribution is 0.402. The molecule has 1 aromatic carbocycles. The van der Waals surface area contributed by atoms with Crippen LogP contribution in [0.3, 0.4) is 0 Å². The van der Waals surface area contributed by atoms with Gasteiger partial charge in [-0.1, -0.05) is 12.1 Å². The summed E-state index contributed by atoms with van der Waals surface area (Å²) in [6, 6.07) is 6.54. The van der Waals surface area contributed by atoms with E-state index in [-0.39, 0.29) is 4.90 Å². The zero-order chi connectivity index (χ0) is 9.19. The van der Waals surface area contributed by atoms with Crippen LogP contribution in [0.15, 0.2) is 29.2 Å². The molecule has 66 valence electrons. The van der Waals surface area contributed by atoms with E-state index in [1.807, 2.05) is 0 Å². The predicted molar refractivity (Wildman–Crippen MR) is 49.2 cm³/mol. The Bertz CT molecular complexity index is 368. The summed E-state index contributed by atoms with van der Waals surface area (Å²) < 4.78 is 25.2. The predicted octanol–water partition coefficient (Wildman–Crippen LogP) is 1.24. The average Bonchev–Trinajstić information content (AvgIpc) is 2.03. The summed E-state index contributed by atoms with van der Waals surface area (Å²) in [6.07, 6.45) is 0. The molecule has 12 heavy (non-hydrogen) atoms. The van der Waals surface area contributed by atoms with Gasteiger partial charge in [-0.15, -0.1) is 0 Å². The summed E-state index contributed by atoms with van der Waals surface area (Å²) in [7, 11) is -1.72. The molecule has 0 aliphatic heterocycles. The van der Waals surface area contributed by atoms with Gasteiger partial charge in [0.15, 0.2) is 0 Å². The van der Waals surface area contributed by atoms with Gasteiger partial charge in [-0.05, 0) is 18.0 Å². The highest BCUT2D eigenvalue weighted by Gasteiger charge is 2.08. The maximum absolute atomic E-state index is 11.1. The SMILES string of the molecule is C=S(=O)(O)c1ccccc1OC. The minimum atomic E-state index is -3.17. The Balaban J connectivity index is 3.33. The van der Waals surface area contributed by atoms with Crippen LogP contribution in [0.1, 0.15) is 0 Å². The Morgan fingerprint density at radius 2 is 2.08 bits per heavy atom. The van der Waals surface area contributed by atoms with Crippen molar-refractivity contribution >= 4 is 15.7 Å². The van der Waals surface area contributed by atoms with Gasteiger partial charge < -0.3 is 9.29 Å². The third-order valence-electron chi connectivity index (χ3n) is 1.41. The largest absolute Gasteiger partial charge is 0.495 e. The lowest BCUT2D eigenvalue weighted by Gasteiger charge is -2.06. The second kappa shape index (κ2) is 3.16. The molecule has 3 nitrogen and oxygen atoms in total. The molecular formula is C8H10O3S. The van der Waals surface area contributed by atoms with Crippen LogP contribution in [0.25, 0.3) is 0 Å². The van der Waals surface area contributed by atoms with Gasteiger partial charge in [-0.25, -0.2) is 4.21 Å². The van der Waals surface area contributed by atoms with E-state index in [0.717, 1.165) is 0 Å². The van der Waals surface area contributed by atoms with Crippen molar-refractivity contribution in [1.82, 2.24) is 0 Å². The molecule has 0 aliphatic rings. The third-order valence-corrected chi connectivity index (χ3v) is 2.44. The van der Waals surface area contributed by atoms with Gasteiger partial charge in [0.2, 0.25) is 0 Å². The van der Waals surface area contributed by atoms with E-state index in [1.165, 1.54) is 13.2 Å². The second-order valence-corrected chi connectivity index (χ2v) is 4.01. The topological polar surface area (TPSA) is 46.5 Å². The second-order valence-electron chi connectivity index (χ2n) is 2.29. The summed E-state index contributed by atoms with van der Waals surface area (Å²) in [4.78, 5) is 0.229.